The molecule has 7 heteroatoms. The third-order valence-electron chi connectivity index (χ3n) is 2.20. The Hall–Kier alpha value is -1.46. The van der Waals surface area contributed by atoms with Gasteiger partial charge in [-0.3, -0.25) is 0 Å². The number of nitrogens with one attached hydrogen (secondary N) is 1. The van der Waals surface area contributed by atoms with Crippen LogP contribution < -0.4 is 5.32 Å². The molecule has 0 fully saturated rings. The molecular weight excluding hydrogens is 236 g/mol. The standard InChI is InChI=1S/C11H22N4O3/c1-7(2)9(8(6-16)14-15-12)13-10(17)18-11(3,4)5/h7-9,16H,6H2,1-5H3,(H,13,17). The van der Waals surface area contributed by atoms with E-state index >= 15 is 0 Å². The quantitative estimate of drug-likeness (QED) is 0.448. The average molecular weight is 258 g/mol. The Kier molecular flexibility index (Phi) is 6.51. The van der Waals surface area contributed by atoms with Crippen molar-refractivity contribution in [2.24, 2.45) is 11.0 Å². The van der Waals surface area contributed by atoms with E-state index in [2.05, 4.69) is 15.3 Å². The van der Waals surface area contributed by atoms with Gasteiger partial charge in [0, 0.05) is 11.0 Å². The highest BCUT2D eigenvalue weighted by molar-refractivity contribution is 5.68. The monoisotopic (exact) mass is 258 g/mol. The second kappa shape index (κ2) is 7.08. The van der Waals surface area contributed by atoms with Crippen LogP contribution in [0.1, 0.15) is 34.6 Å². The van der Waals surface area contributed by atoms with Crippen LogP contribution in [0.25, 0.3) is 10.4 Å². The van der Waals surface area contributed by atoms with E-state index in [9.17, 15) is 4.79 Å². The van der Waals surface area contributed by atoms with Gasteiger partial charge in [-0.2, -0.15) is 0 Å². The van der Waals surface area contributed by atoms with Crippen molar-refractivity contribution in [2.75, 3.05) is 6.61 Å². The molecule has 2 unspecified atom stereocenters. The molecule has 0 aliphatic carbocycles. The maximum Gasteiger partial charge on any atom is 0.407 e. The van der Waals surface area contributed by atoms with Crippen LogP contribution in [0.15, 0.2) is 5.11 Å². The minimum Gasteiger partial charge on any atom is -0.444 e. The van der Waals surface area contributed by atoms with E-state index in [0.29, 0.717) is 0 Å². The molecule has 0 bridgehead atoms. The summed E-state index contributed by atoms with van der Waals surface area (Å²) in [4.78, 5) is 14.3. The molecule has 1 amide bonds. The van der Waals surface area contributed by atoms with Gasteiger partial charge in [0.2, 0.25) is 0 Å². The summed E-state index contributed by atoms with van der Waals surface area (Å²) >= 11 is 0. The second-order valence-corrected chi connectivity index (χ2v) is 5.37. The molecule has 0 aromatic rings. The molecule has 0 aromatic carbocycles. The van der Waals surface area contributed by atoms with Crippen molar-refractivity contribution in [1.29, 1.82) is 0 Å². The number of aliphatic hydroxyl groups excluding tert-OH is 1. The molecule has 0 radical (unpaired) electrons. The largest absolute Gasteiger partial charge is 0.444 e. The first-order chi connectivity index (χ1) is 8.21. The van der Waals surface area contributed by atoms with Crippen LogP contribution in [0.3, 0.4) is 0 Å². The summed E-state index contributed by atoms with van der Waals surface area (Å²) in [7, 11) is 0. The molecule has 104 valence electrons. The van der Waals surface area contributed by atoms with Crippen LogP contribution in [-0.2, 0) is 4.74 Å². The minimum atomic E-state index is -0.706. The van der Waals surface area contributed by atoms with Crippen LogP contribution in [0, 0.1) is 5.92 Å². The lowest BCUT2D eigenvalue weighted by atomic mass is 9.97. The van der Waals surface area contributed by atoms with Gasteiger partial charge in [-0.15, -0.1) is 0 Å². The Morgan fingerprint density at radius 1 is 1.50 bits per heavy atom. The van der Waals surface area contributed by atoms with Gasteiger partial charge in [0.05, 0.1) is 12.6 Å². The number of rotatable bonds is 5. The van der Waals surface area contributed by atoms with Crippen molar-refractivity contribution in [1.82, 2.24) is 5.32 Å². The van der Waals surface area contributed by atoms with Crippen LogP contribution in [0.5, 0.6) is 0 Å². The summed E-state index contributed by atoms with van der Waals surface area (Å²) in [5.74, 6) is 0.000156. The number of hydrogen-bond donors (Lipinski definition) is 2. The van der Waals surface area contributed by atoms with Crippen LogP contribution >= 0.6 is 0 Å². The van der Waals surface area contributed by atoms with Crippen molar-refractivity contribution < 1.29 is 14.6 Å². The minimum absolute atomic E-state index is 0.000156. The molecule has 2 N–H and O–H groups in total. The number of carbonyl (C=O) groups excluding carboxylic acids is 1. The van der Waals surface area contributed by atoms with Crippen LogP contribution in [0.4, 0.5) is 4.79 Å². The molecule has 18 heavy (non-hydrogen) atoms. The molecular formula is C11H22N4O3. The van der Waals surface area contributed by atoms with Crippen LogP contribution in [-0.4, -0.2) is 35.5 Å². The van der Waals surface area contributed by atoms with Crippen molar-refractivity contribution in [3.8, 4) is 0 Å². The first-order valence-electron chi connectivity index (χ1n) is 5.86. The third kappa shape index (κ3) is 6.32. The first kappa shape index (κ1) is 16.5. The maximum atomic E-state index is 11.6. The number of carbonyl (C=O) groups is 1. The van der Waals surface area contributed by atoms with Gasteiger partial charge in [0.15, 0.2) is 0 Å². The zero-order chi connectivity index (χ0) is 14.3. The molecule has 0 aromatic heterocycles. The number of aliphatic hydroxyl groups is 1. The topological polar surface area (TPSA) is 107 Å². The summed E-state index contributed by atoms with van der Waals surface area (Å²) in [6.07, 6.45) is -0.590. The lowest BCUT2D eigenvalue weighted by molar-refractivity contribution is 0.0471. The summed E-state index contributed by atoms with van der Waals surface area (Å²) in [5, 5.41) is 15.3. The molecule has 0 saturated heterocycles. The molecule has 0 aliphatic rings. The number of azide groups is 1. The fraction of sp³-hybridized carbons (Fsp3) is 0.909. The molecule has 0 saturated carbocycles. The lowest BCUT2D eigenvalue weighted by Crippen LogP contribution is -2.48. The highest BCUT2D eigenvalue weighted by atomic mass is 16.6. The van der Waals surface area contributed by atoms with Gasteiger partial charge in [0.1, 0.15) is 5.60 Å². The van der Waals surface area contributed by atoms with E-state index in [4.69, 9.17) is 15.4 Å². The first-order valence-corrected chi connectivity index (χ1v) is 5.86. The fourth-order valence-corrected chi connectivity index (χ4v) is 1.44. The van der Waals surface area contributed by atoms with Gasteiger partial charge >= 0.3 is 6.09 Å². The second-order valence-electron chi connectivity index (χ2n) is 5.37. The predicted octanol–water partition coefficient (Wildman–Crippen LogP) is 2.21. The zero-order valence-electron chi connectivity index (χ0n) is 11.5. The van der Waals surface area contributed by atoms with Crippen LogP contribution in [0.2, 0.25) is 0 Å². The van der Waals surface area contributed by atoms with E-state index in [0.717, 1.165) is 0 Å². The zero-order valence-corrected chi connectivity index (χ0v) is 11.5. The van der Waals surface area contributed by atoms with Crippen molar-refractivity contribution in [3.05, 3.63) is 10.4 Å². The summed E-state index contributed by atoms with van der Waals surface area (Å²) in [5.41, 5.74) is 7.82. The van der Waals surface area contributed by atoms with E-state index in [1.54, 1.807) is 20.8 Å². The number of hydrogen-bond acceptors (Lipinski definition) is 4. The van der Waals surface area contributed by atoms with Crippen molar-refractivity contribution in [3.63, 3.8) is 0 Å². The summed E-state index contributed by atoms with van der Waals surface area (Å²) < 4.78 is 5.12. The average Bonchev–Trinajstić information content (AvgIpc) is 2.20. The third-order valence-corrected chi connectivity index (χ3v) is 2.20. The van der Waals surface area contributed by atoms with Gasteiger partial charge < -0.3 is 15.2 Å². The normalized spacial score (nSPS) is 14.6. The van der Waals surface area contributed by atoms with Crippen molar-refractivity contribution in [2.45, 2.75) is 52.3 Å². The maximum absolute atomic E-state index is 11.6. The molecule has 7 nitrogen and oxygen atoms in total. The van der Waals surface area contributed by atoms with Gasteiger partial charge in [-0.1, -0.05) is 19.0 Å². The number of amides is 1. The Bertz CT molecular complexity index is 319. The molecule has 0 rings (SSSR count). The summed E-state index contributed by atoms with van der Waals surface area (Å²) in [6.45, 7) is 8.66. The van der Waals surface area contributed by atoms with E-state index in [-0.39, 0.29) is 12.5 Å². The van der Waals surface area contributed by atoms with Crippen molar-refractivity contribution >= 4 is 6.09 Å². The fourth-order valence-electron chi connectivity index (χ4n) is 1.44. The van der Waals surface area contributed by atoms with E-state index < -0.39 is 23.8 Å². The number of alkyl carbamates (subject to hydrolysis) is 1. The SMILES string of the molecule is CC(C)C(NC(=O)OC(C)(C)C)C(CO)N=[N+]=[N-]. The number of nitrogens with zero attached hydrogens (tertiary/aromatic N) is 3. The Balaban J connectivity index is 4.72. The molecule has 0 spiro atoms. The van der Waals surface area contributed by atoms with Gasteiger partial charge in [0.25, 0.3) is 0 Å². The Morgan fingerprint density at radius 2 is 2.06 bits per heavy atom. The molecule has 0 aliphatic heterocycles. The summed E-state index contributed by atoms with van der Waals surface area (Å²) in [6, 6.07) is -1.18. The highest BCUT2D eigenvalue weighted by Gasteiger charge is 2.27. The van der Waals surface area contributed by atoms with E-state index in [1.165, 1.54) is 0 Å². The van der Waals surface area contributed by atoms with Gasteiger partial charge in [-0.25, -0.2) is 4.79 Å². The lowest BCUT2D eigenvalue weighted by Gasteiger charge is -2.28. The highest BCUT2D eigenvalue weighted by Crippen LogP contribution is 2.12. The number of ether oxygens (including phenoxy) is 1. The Morgan fingerprint density at radius 3 is 2.39 bits per heavy atom. The smallest absolute Gasteiger partial charge is 0.407 e. The van der Waals surface area contributed by atoms with Gasteiger partial charge in [-0.05, 0) is 32.2 Å². The molecule has 2 atom stereocenters. The molecule has 0 heterocycles. The van der Waals surface area contributed by atoms with E-state index in [1.807, 2.05) is 13.8 Å². The predicted molar refractivity (Wildman–Crippen MR) is 68.0 cm³/mol. The Labute approximate surface area is 107 Å².